The number of benzene rings is 2. The van der Waals surface area contributed by atoms with E-state index in [1.54, 1.807) is 12.1 Å². The van der Waals surface area contributed by atoms with Gasteiger partial charge in [0.15, 0.2) is 9.84 Å². The number of rotatable bonds is 7. The SMILES string of the molecule is CC(C)C(=O)N1CC(CN2CCC3(CC2)CC(=O)N(Cc2ccc(S(C)(=O)=O)cc2)C3)C(c2ccccc2)C1.Cl. The molecule has 7 nitrogen and oxygen atoms in total. The summed E-state index contributed by atoms with van der Waals surface area (Å²) in [5.74, 6) is 1.20. The maximum absolute atomic E-state index is 13.0. The highest BCUT2D eigenvalue weighted by atomic mass is 35.5. The van der Waals surface area contributed by atoms with E-state index in [4.69, 9.17) is 0 Å². The molecule has 1 spiro atoms. The van der Waals surface area contributed by atoms with Gasteiger partial charge in [-0.2, -0.15) is 0 Å². The molecule has 2 unspecified atom stereocenters. The first kappa shape index (κ1) is 30.5. The second-order valence-electron chi connectivity index (χ2n) is 12.3. The molecule has 0 bridgehead atoms. The number of hydrogen-bond donors (Lipinski definition) is 0. The van der Waals surface area contributed by atoms with Crippen molar-refractivity contribution in [2.75, 3.05) is 45.5 Å². The summed E-state index contributed by atoms with van der Waals surface area (Å²) in [6.07, 6.45) is 3.80. The number of piperidine rings is 1. The van der Waals surface area contributed by atoms with Gasteiger partial charge < -0.3 is 14.7 Å². The Morgan fingerprint density at radius 1 is 1.00 bits per heavy atom. The third-order valence-corrected chi connectivity index (χ3v) is 10.1. The van der Waals surface area contributed by atoms with Crippen molar-refractivity contribution in [3.63, 3.8) is 0 Å². The van der Waals surface area contributed by atoms with Crippen molar-refractivity contribution in [2.24, 2.45) is 17.3 Å². The first-order chi connectivity index (χ1) is 18.5. The average Bonchev–Trinajstić information content (AvgIpc) is 3.46. The number of amides is 2. The molecule has 218 valence electrons. The number of likely N-dealkylation sites (tertiary alicyclic amines) is 3. The molecule has 3 heterocycles. The van der Waals surface area contributed by atoms with Crippen LogP contribution in [0.2, 0.25) is 0 Å². The molecule has 0 aromatic heterocycles. The minimum absolute atomic E-state index is 0. The second-order valence-corrected chi connectivity index (χ2v) is 14.3. The molecule has 2 aromatic rings. The molecule has 3 saturated heterocycles. The molecule has 3 aliphatic rings. The zero-order chi connectivity index (χ0) is 27.8. The minimum Gasteiger partial charge on any atom is -0.342 e. The fraction of sp³-hybridized carbons (Fsp3) is 0.548. The summed E-state index contributed by atoms with van der Waals surface area (Å²) < 4.78 is 23.5. The lowest BCUT2D eigenvalue weighted by Crippen LogP contribution is -2.44. The zero-order valence-electron chi connectivity index (χ0n) is 23.8. The van der Waals surface area contributed by atoms with Crippen LogP contribution in [0.15, 0.2) is 59.5 Å². The molecule has 5 rings (SSSR count). The Hall–Kier alpha value is -2.42. The lowest BCUT2D eigenvalue weighted by atomic mass is 9.77. The van der Waals surface area contributed by atoms with Gasteiger partial charge in [-0.1, -0.05) is 56.3 Å². The van der Waals surface area contributed by atoms with E-state index in [9.17, 15) is 18.0 Å². The minimum atomic E-state index is -3.23. The number of carbonyl (C=O) groups excluding carboxylic acids is 2. The van der Waals surface area contributed by atoms with Gasteiger partial charge in [0.25, 0.3) is 0 Å². The average molecular weight is 588 g/mol. The van der Waals surface area contributed by atoms with E-state index in [0.29, 0.717) is 29.7 Å². The Balaban J connectivity index is 0.00000370. The molecule has 9 heteroatoms. The van der Waals surface area contributed by atoms with Crippen LogP contribution < -0.4 is 0 Å². The highest BCUT2D eigenvalue weighted by molar-refractivity contribution is 7.90. The van der Waals surface area contributed by atoms with E-state index in [-0.39, 0.29) is 35.6 Å². The number of nitrogens with zero attached hydrogens (tertiary/aromatic N) is 3. The monoisotopic (exact) mass is 587 g/mol. The molecule has 0 radical (unpaired) electrons. The first-order valence-corrected chi connectivity index (χ1v) is 16.0. The van der Waals surface area contributed by atoms with Crippen molar-refractivity contribution in [1.29, 1.82) is 0 Å². The van der Waals surface area contributed by atoms with E-state index in [1.165, 1.54) is 11.8 Å². The van der Waals surface area contributed by atoms with E-state index < -0.39 is 9.84 Å². The number of halogens is 1. The van der Waals surface area contributed by atoms with Crippen molar-refractivity contribution in [3.05, 3.63) is 65.7 Å². The largest absolute Gasteiger partial charge is 0.342 e. The molecule has 3 fully saturated rings. The Kier molecular flexibility index (Phi) is 9.32. The molecular formula is C31H42ClN3O4S. The van der Waals surface area contributed by atoms with Crippen LogP contribution in [0.1, 0.15) is 50.2 Å². The number of sulfone groups is 1. The smallest absolute Gasteiger partial charge is 0.225 e. The summed E-state index contributed by atoms with van der Waals surface area (Å²) in [5, 5.41) is 0. The van der Waals surface area contributed by atoms with Gasteiger partial charge in [-0.15, -0.1) is 12.4 Å². The van der Waals surface area contributed by atoms with E-state index in [1.807, 2.05) is 36.9 Å². The van der Waals surface area contributed by atoms with Crippen molar-refractivity contribution < 1.29 is 18.0 Å². The third kappa shape index (κ3) is 6.72. The van der Waals surface area contributed by atoms with Crippen molar-refractivity contribution in [3.8, 4) is 0 Å². The fourth-order valence-corrected chi connectivity index (χ4v) is 7.37. The summed E-state index contributed by atoms with van der Waals surface area (Å²) in [4.78, 5) is 32.7. The Labute approximate surface area is 245 Å². The maximum atomic E-state index is 13.0. The van der Waals surface area contributed by atoms with Gasteiger partial charge in [0, 0.05) is 57.2 Å². The molecule has 0 N–H and O–H groups in total. The van der Waals surface area contributed by atoms with Crippen LogP contribution in [0.5, 0.6) is 0 Å². The lowest BCUT2D eigenvalue weighted by Gasteiger charge is -2.40. The quantitative estimate of drug-likeness (QED) is 0.485. The Morgan fingerprint density at radius 3 is 2.25 bits per heavy atom. The van der Waals surface area contributed by atoms with E-state index in [0.717, 1.165) is 57.7 Å². The van der Waals surface area contributed by atoms with Crippen molar-refractivity contribution in [2.45, 2.75) is 50.5 Å². The van der Waals surface area contributed by atoms with E-state index in [2.05, 4.69) is 34.1 Å². The maximum Gasteiger partial charge on any atom is 0.225 e. The molecule has 40 heavy (non-hydrogen) atoms. The normalized spacial score (nSPS) is 23.1. The molecule has 0 saturated carbocycles. The van der Waals surface area contributed by atoms with Crippen LogP contribution >= 0.6 is 12.4 Å². The zero-order valence-corrected chi connectivity index (χ0v) is 25.4. The summed E-state index contributed by atoms with van der Waals surface area (Å²) in [7, 11) is -3.23. The molecule has 2 atom stereocenters. The number of hydrogen-bond acceptors (Lipinski definition) is 5. The first-order valence-electron chi connectivity index (χ1n) is 14.2. The molecule has 2 amide bonds. The summed E-state index contributed by atoms with van der Waals surface area (Å²) >= 11 is 0. The predicted octanol–water partition coefficient (Wildman–Crippen LogP) is 4.22. The van der Waals surface area contributed by atoms with Gasteiger partial charge in [0.2, 0.25) is 11.8 Å². The summed E-state index contributed by atoms with van der Waals surface area (Å²) in [5.41, 5.74) is 2.30. The topological polar surface area (TPSA) is 78.0 Å². The fourth-order valence-electron chi connectivity index (χ4n) is 6.74. The van der Waals surface area contributed by atoms with E-state index >= 15 is 0 Å². The van der Waals surface area contributed by atoms with Crippen LogP contribution in [-0.4, -0.2) is 80.5 Å². The second kappa shape index (κ2) is 12.2. The third-order valence-electron chi connectivity index (χ3n) is 9.01. The Morgan fingerprint density at radius 2 is 1.65 bits per heavy atom. The summed E-state index contributed by atoms with van der Waals surface area (Å²) in [6, 6.07) is 17.5. The van der Waals surface area contributed by atoms with Crippen LogP contribution in [0, 0.1) is 17.3 Å². The van der Waals surface area contributed by atoms with Crippen LogP contribution in [-0.2, 0) is 26.0 Å². The molecular weight excluding hydrogens is 546 g/mol. The molecule has 0 aliphatic carbocycles. The van der Waals surface area contributed by atoms with Gasteiger partial charge in [-0.3, -0.25) is 9.59 Å². The van der Waals surface area contributed by atoms with Crippen molar-refractivity contribution >= 4 is 34.1 Å². The van der Waals surface area contributed by atoms with Gasteiger partial charge >= 0.3 is 0 Å². The Bertz CT molecular complexity index is 1290. The van der Waals surface area contributed by atoms with Gasteiger partial charge in [-0.05, 0) is 60.5 Å². The highest BCUT2D eigenvalue weighted by Gasteiger charge is 2.45. The number of carbonyl (C=O) groups is 2. The molecule has 2 aromatic carbocycles. The van der Waals surface area contributed by atoms with Crippen molar-refractivity contribution in [1.82, 2.24) is 14.7 Å². The lowest BCUT2D eigenvalue weighted by molar-refractivity contribution is -0.133. The summed E-state index contributed by atoms with van der Waals surface area (Å²) in [6.45, 7) is 9.76. The predicted molar refractivity (Wildman–Crippen MR) is 159 cm³/mol. The highest BCUT2D eigenvalue weighted by Crippen LogP contribution is 2.42. The molecule has 3 aliphatic heterocycles. The van der Waals surface area contributed by atoms with Gasteiger partial charge in [-0.25, -0.2) is 8.42 Å². The van der Waals surface area contributed by atoms with Crippen LogP contribution in [0.25, 0.3) is 0 Å². The van der Waals surface area contributed by atoms with Gasteiger partial charge in [0.05, 0.1) is 4.90 Å². The standard InChI is InChI=1S/C31H41N3O4S.ClH/c1-23(2)30(36)33-20-26(28(21-33)25-7-5-4-6-8-25)19-32-15-13-31(14-16-32)17-29(35)34(22-31)18-24-9-11-27(12-10-24)39(3,37)38;/h4-12,23,26,28H,13-22H2,1-3H3;1H. The van der Waals surface area contributed by atoms with Crippen LogP contribution in [0.3, 0.4) is 0 Å². The van der Waals surface area contributed by atoms with Gasteiger partial charge in [0.1, 0.15) is 0 Å². The van der Waals surface area contributed by atoms with Crippen LogP contribution in [0.4, 0.5) is 0 Å².